The van der Waals surface area contributed by atoms with Gasteiger partial charge in [0.15, 0.2) is 0 Å². The first kappa shape index (κ1) is 12.8. The second-order valence-corrected chi connectivity index (χ2v) is 4.89. The number of fused-ring (bicyclic) bond motifs is 1. The molecule has 0 bridgehead atoms. The number of carbonyl (C=O) groups excluding carboxylic acids is 1. The van der Waals surface area contributed by atoms with Crippen molar-refractivity contribution >= 4 is 22.5 Å². The van der Waals surface area contributed by atoms with Gasteiger partial charge in [0.2, 0.25) is 5.91 Å². The molecule has 0 radical (unpaired) electrons. The fraction of sp³-hybridized carbons (Fsp3) is 0.357. The summed E-state index contributed by atoms with van der Waals surface area (Å²) in [5, 5.41) is 0.915. The summed E-state index contributed by atoms with van der Waals surface area (Å²) in [5.41, 5.74) is 7.29. The quantitative estimate of drug-likeness (QED) is 0.890. The van der Waals surface area contributed by atoms with E-state index in [1.807, 2.05) is 17.0 Å². The first-order valence-electron chi connectivity index (χ1n) is 6.48. The fourth-order valence-corrected chi connectivity index (χ4v) is 2.73. The van der Waals surface area contributed by atoms with Crippen LogP contribution < -0.4 is 10.6 Å². The number of hydrogen-bond acceptors (Lipinski definition) is 5. The summed E-state index contributed by atoms with van der Waals surface area (Å²) in [7, 11) is 1.65. The number of nitrogens with two attached hydrogens (primary N) is 1. The molecule has 0 spiro atoms. The number of anilines is 1. The highest BCUT2D eigenvalue weighted by Crippen LogP contribution is 2.31. The number of rotatable bonds is 3. The Morgan fingerprint density at radius 1 is 1.45 bits per heavy atom. The van der Waals surface area contributed by atoms with Crippen LogP contribution in [-0.2, 0) is 9.53 Å². The molecule has 1 amide bonds. The van der Waals surface area contributed by atoms with Crippen LogP contribution in [0.25, 0.3) is 10.9 Å². The van der Waals surface area contributed by atoms with Crippen molar-refractivity contribution in [3.05, 3.63) is 30.7 Å². The second kappa shape index (κ2) is 5.05. The van der Waals surface area contributed by atoms with Crippen LogP contribution in [0.1, 0.15) is 6.42 Å². The second-order valence-electron chi connectivity index (χ2n) is 4.89. The van der Waals surface area contributed by atoms with Crippen molar-refractivity contribution < 1.29 is 9.53 Å². The van der Waals surface area contributed by atoms with Gasteiger partial charge in [0.05, 0.1) is 17.3 Å². The molecule has 1 aliphatic rings. The van der Waals surface area contributed by atoms with E-state index >= 15 is 0 Å². The zero-order valence-corrected chi connectivity index (χ0v) is 11.2. The zero-order valence-electron chi connectivity index (χ0n) is 11.2. The van der Waals surface area contributed by atoms with E-state index in [1.165, 1.54) is 0 Å². The van der Waals surface area contributed by atoms with E-state index in [2.05, 4.69) is 9.97 Å². The summed E-state index contributed by atoms with van der Waals surface area (Å²) in [6.07, 6.45) is 5.81. The minimum atomic E-state index is -0.356. The summed E-state index contributed by atoms with van der Waals surface area (Å²) in [6.45, 7) is 0.637. The molecule has 2 aromatic heterocycles. The van der Waals surface area contributed by atoms with Crippen LogP contribution in [0.2, 0.25) is 0 Å². The van der Waals surface area contributed by atoms with Gasteiger partial charge in [-0.2, -0.15) is 0 Å². The van der Waals surface area contributed by atoms with Crippen LogP contribution in [0.4, 0.5) is 5.69 Å². The van der Waals surface area contributed by atoms with Crippen molar-refractivity contribution in [2.75, 3.05) is 18.6 Å². The molecule has 3 rings (SSSR count). The maximum atomic E-state index is 11.7. The van der Waals surface area contributed by atoms with Crippen LogP contribution in [0.5, 0.6) is 0 Å². The molecular weight excluding hydrogens is 256 g/mol. The van der Waals surface area contributed by atoms with Gasteiger partial charge in [-0.25, -0.2) is 0 Å². The highest BCUT2D eigenvalue weighted by atomic mass is 16.5. The molecular formula is C14H16N4O2. The molecule has 0 aliphatic carbocycles. The van der Waals surface area contributed by atoms with Crippen molar-refractivity contribution in [2.24, 2.45) is 5.73 Å². The first-order valence-corrected chi connectivity index (χ1v) is 6.48. The summed E-state index contributed by atoms with van der Waals surface area (Å²) >= 11 is 0. The van der Waals surface area contributed by atoms with Crippen LogP contribution in [0.15, 0.2) is 30.7 Å². The Kier molecular flexibility index (Phi) is 3.23. The molecule has 3 heterocycles. The van der Waals surface area contributed by atoms with Crippen molar-refractivity contribution in [2.45, 2.75) is 18.6 Å². The van der Waals surface area contributed by atoms with Gasteiger partial charge in [0.25, 0.3) is 0 Å². The van der Waals surface area contributed by atoms with Gasteiger partial charge in [0, 0.05) is 44.1 Å². The van der Waals surface area contributed by atoms with Gasteiger partial charge in [-0.05, 0) is 12.1 Å². The van der Waals surface area contributed by atoms with Crippen molar-refractivity contribution in [1.82, 2.24) is 9.97 Å². The van der Waals surface area contributed by atoms with E-state index in [1.54, 1.807) is 25.7 Å². The minimum absolute atomic E-state index is 0.00684. The lowest BCUT2D eigenvalue weighted by Gasteiger charge is -2.25. The molecule has 0 saturated carbocycles. The third-order valence-electron chi connectivity index (χ3n) is 3.75. The van der Waals surface area contributed by atoms with Crippen LogP contribution in [0, 0.1) is 0 Å². The molecule has 6 nitrogen and oxygen atoms in total. The summed E-state index contributed by atoms with van der Waals surface area (Å²) in [4.78, 5) is 22.1. The van der Waals surface area contributed by atoms with E-state index in [9.17, 15) is 4.79 Å². The van der Waals surface area contributed by atoms with Crippen LogP contribution >= 0.6 is 0 Å². The van der Waals surface area contributed by atoms with Gasteiger partial charge in [0.1, 0.15) is 6.04 Å². The lowest BCUT2D eigenvalue weighted by Crippen LogP contribution is -2.40. The number of primary amides is 1. The van der Waals surface area contributed by atoms with E-state index in [4.69, 9.17) is 10.5 Å². The van der Waals surface area contributed by atoms with Crippen molar-refractivity contribution in [3.63, 3.8) is 0 Å². The third-order valence-corrected chi connectivity index (χ3v) is 3.75. The Hall–Kier alpha value is -2.21. The molecule has 0 unspecified atom stereocenters. The molecule has 2 N–H and O–H groups in total. The summed E-state index contributed by atoms with van der Waals surface area (Å²) in [6, 6.07) is 3.38. The topological polar surface area (TPSA) is 81.3 Å². The molecule has 104 valence electrons. The number of carbonyl (C=O) groups is 1. The first-order chi connectivity index (χ1) is 9.70. The normalized spacial score (nSPS) is 22.4. The molecule has 2 atom stereocenters. The monoisotopic (exact) mass is 272 g/mol. The van der Waals surface area contributed by atoms with E-state index in [0.29, 0.717) is 13.0 Å². The van der Waals surface area contributed by atoms with Crippen molar-refractivity contribution in [3.8, 4) is 0 Å². The molecule has 1 fully saturated rings. The van der Waals surface area contributed by atoms with Gasteiger partial charge in [-0.3, -0.25) is 14.8 Å². The van der Waals surface area contributed by atoms with Crippen LogP contribution in [-0.4, -0.2) is 41.7 Å². The Morgan fingerprint density at radius 3 is 3.05 bits per heavy atom. The standard InChI is InChI=1S/C14H16N4O2/c1-20-9-6-13(14(15)19)18(8-9)12-3-5-17-11-2-4-16-7-10(11)12/h2-5,7,9,13H,6,8H2,1H3,(H2,15,19)/t9-,13-/m0/s1. The maximum absolute atomic E-state index is 11.7. The average Bonchev–Trinajstić information content (AvgIpc) is 2.91. The van der Waals surface area contributed by atoms with Gasteiger partial charge < -0.3 is 15.4 Å². The predicted octanol–water partition coefficient (Wildman–Crippen LogP) is 0.709. The number of methoxy groups -OCH3 is 1. The molecule has 20 heavy (non-hydrogen) atoms. The highest BCUT2D eigenvalue weighted by molar-refractivity contribution is 5.94. The maximum Gasteiger partial charge on any atom is 0.240 e. The number of pyridine rings is 2. The van der Waals surface area contributed by atoms with Crippen molar-refractivity contribution in [1.29, 1.82) is 0 Å². The van der Waals surface area contributed by atoms with Gasteiger partial charge in [-0.1, -0.05) is 0 Å². The third kappa shape index (κ3) is 2.08. The average molecular weight is 272 g/mol. The largest absolute Gasteiger partial charge is 0.380 e. The SMILES string of the molecule is CO[C@H]1C[C@@H](C(N)=O)N(c2ccnc3ccncc23)C1. The lowest BCUT2D eigenvalue weighted by molar-refractivity contribution is -0.119. The smallest absolute Gasteiger partial charge is 0.240 e. The Balaban J connectivity index is 2.07. The number of amides is 1. The van der Waals surface area contributed by atoms with E-state index < -0.39 is 0 Å². The van der Waals surface area contributed by atoms with Gasteiger partial charge in [-0.15, -0.1) is 0 Å². The number of aromatic nitrogens is 2. The number of nitrogens with zero attached hydrogens (tertiary/aromatic N) is 3. The Morgan fingerprint density at radius 2 is 2.30 bits per heavy atom. The van der Waals surface area contributed by atoms with E-state index in [0.717, 1.165) is 16.6 Å². The highest BCUT2D eigenvalue weighted by Gasteiger charge is 2.36. The predicted molar refractivity (Wildman–Crippen MR) is 75.3 cm³/mol. The Bertz CT molecular complexity index is 641. The molecule has 0 aromatic carbocycles. The van der Waals surface area contributed by atoms with Gasteiger partial charge >= 0.3 is 0 Å². The molecule has 6 heteroatoms. The number of hydrogen-bond donors (Lipinski definition) is 1. The Labute approximate surface area is 116 Å². The molecule has 1 aliphatic heterocycles. The van der Waals surface area contributed by atoms with E-state index in [-0.39, 0.29) is 18.1 Å². The minimum Gasteiger partial charge on any atom is -0.380 e. The number of ether oxygens (including phenoxy) is 1. The molecule has 2 aromatic rings. The molecule has 1 saturated heterocycles. The summed E-state index contributed by atoms with van der Waals surface area (Å²) < 4.78 is 5.37. The lowest BCUT2D eigenvalue weighted by atomic mass is 10.1. The van der Waals surface area contributed by atoms with Crippen LogP contribution in [0.3, 0.4) is 0 Å². The summed E-state index contributed by atoms with van der Waals surface area (Å²) in [5.74, 6) is -0.335. The zero-order chi connectivity index (χ0) is 14.1. The fourth-order valence-electron chi connectivity index (χ4n) is 2.73.